The molecule has 0 saturated carbocycles. The fourth-order valence-electron chi connectivity index (χ4n) is 4.51. The number of rotatable bonds is 7. The summed E-state index contributed by atoms with van der Waals surface area (Å²) in [5.41, 5.74) is 1.47. The van der Waals surface area contributed by atoms with Gasteiger partial charge in [0.2, 0.25) is 11.6 Å². The van der Waals surface area contributed by atoms with Gasteiger partial charge in [-0.25, -0.2) is 14.2 Å². The summed E-state index contributed by atoms with van der Waals surface area (Å²) in [5.74, 6) is 1.14. The minimum Gasteiger partial charge on any atom is -0.491 e. The Morgan fingerprint density at radius 1 is 1.17 bits per heavy atom. The van der Waals surface area contributed by atoms with Gasteiger partial charge in [-0.2, -0.15) is 0 Å². The molecule has 0 atom stereocenters. The van der Waals surface area contributed by atoms with E-state index in [1.807, 2.05) is 0 Å². The summed E-state index contributed by atoms with van der Waals surface area (Å²) in [6.45, 7) is 11.0. The Morgan fingerprint density at radius 3 is 2.46 bits per heavy atom. The van der Waals surface area contributed by atoms with E-state index in [4.69, 9.17) is 21.4 Å². The minimum absolute atomic E-state index is 0.0774. The van der Waals surface area contributed by atoms with Gasteiger partial charge in [0.25, 0.3) is 5.56 Å². The Hall–Kier alpha value is -3.70. The number of hydrogen-bond donors (Lipinski definition) is 1. The van der Waals surface area contributed by atoms with Crippen LogP contribution >= 0.6 is 0 Å². The van der Waals surface area contributed by atoms with Crippen molar-refractivity contribution in [3.8, 4) is 28.1 Å². The molecule has 1 fully saturated rings. The normalized spacial score (nSPS) is 14.1. The molecular weight excluding hydrogens is 447 g/mol. The summed E-state index contributed by atoms with van der Waals surface area (Å²) in [4.78, 5) is 23.9. The number of halogens is 1. The molecular formula is C27H29FN4O3. The first kappa shape index (κ1) is 24.4. The maximum absolute atomic E-state index is 14.6. The van der Waals surface area contributed by atoms with Crippen LogP contribution in [0.4, 0.5) is 16.0 Å². The molecule has 0 aliphatic carbocycles. The molecule has 3 aromatic rings. The van der Waals surface area contributed by atoms with Gasteiger partial charge in [0, 0.05) is 25.7 Å². The highest BCUT2D eigenvalue weighted by Crippen LogP contribution is 2.34. The molecule has 0 radical (unpaired) electrons. The van der Waals surface area contributed by atoms with Crippen molar-refractivity contribution in [2.24, 2.45) is 13.0 Å². The van der Waals surface area contributed by atoms with Crippen LogP contribution in [-0.4, -0.2) is 41.0 Å². The number of ether oxygens (including phenoxy) is 1. The van der Waals surface area contributed by atoms with Crippen LogP contribution in [0.5, 0.6) is 5.75 Å². The van der Waals surface area contributed by atoms with Crippen LogP contribution < -0.4 is 15.2 Å². The number of nitrogens with zero attached hydrogens (tertiary/aromatic N) is 4. The number of benzene rings is 2. The van der Waals surface area contributed by atoms with Crippen LogP contribution in [0.2, 0.25) is 0 Å². The molecule has 1 aliphatic rings. The van der Waals surface area contributed by atoms with Crippen molar-refractivity contribution < 1.29 is 14.2 Å². The fourth-order valence-corrected chi connectivity index (χ4v) is 4.51. The van der Waals surface area contributed by atoms with Crippen LogP contribution in [0.3, 0.4) is 0 Å². The van der Waals surface area contributed by atoms with E-state index in [0.717, 1.165) is 32.4 Å². The third kappa shape index (κ3) is 5.05. The monoisotopic (exact) mass is 476 g/mol. The predicted molar refractivity (Wildman–Crippen MR) is 134 cm³/mol. The SMILES string of the molecule is [C-]#[N+]c1ccc(-c2nc(N3CCC(CC)CC3)n(C)c(=O)c2-c2ccc(OCCO)cc2)cc1F. The van der Waals surface area contributed by atoms with Gasteiger partial charge in [-0.1, -0.05) is 37.6 Å². The van der Waals surface area contributed by atoms with Crippen LogP contribution in [0.25, 0.3) is 27.2 Å². The van der Waals surface area contributed by atoms with Crippen molar-refractivity contribution in [2.45, 2.75) is 26.2 Å². The van der Waals surface area contributed by atoms with Crippen molar-refractivity contribution in [3.05, 3.63) is 70.1 Å². The molecule has 0 unspecified atom stereocenters. The van der Waals surface area contributed by atoms with E-state index < -0.39 is 5.82 Å². The standard InChI is InChI=1S/C27H29FN4O3/c1-4-18-11-13-32(14-12-18)27-30-25(20-7-10-23(29-2)22(28)17-20)24(26(34)31(27)3)19-5-8-21(9-6-19)35-16-15-33/h5-10,17-18,33H,4,11-16H2,1,3H3. The van der Waals surface area contributed by atoms with Crippen molar-refractivity contribution in [1.82, 2.24) is 9.55 Å². The number of aromatic nitrogens is 2. The average Bonchev–Trinajstić information content (AvgIpc) is 2.89. The van der Waals surface area contributed by atoms with E-state index in [1.54, 1.807) is 41.9 Å². The van der Waals surface area contributed by atoms with Crippen molar-refractivity contribution in [2.75, 3.05) is 31.2 Å². The highest BCUT2D eigenvalue weighted by molar-refractivity contribution is 5.82. The van der Waals surface area contributed by atoms with E-state index in [-0.39, 0.29) is 24.5 Å². The molecule has 0 spiro atoms. The molecule has 8 heteroatoms. The smallest absolute Gasteiger partial charge is 0.263 e. The van der Waals surface area contributed by atoms with Gasteiger partial charge in [0.05, 0.1) is 24.4 Å². The molecule has 7 nitrogen and oxygen atoms in total. The molecule has 1 aromatic heterocycles. The lowest BCUT2D eigenvalue weighted by atomic mass is 9.94. The summed E-state index contributed by atoms with van der Waals surface area (Å²) >= 11 is 0. The number of aliphatic hydroxyl groups excluding tert-OH is 1. The van der Waals surface area contributed by atoms with E-state index in [9.17, 15) is 9.18 Å². The fraction of sp³-hybridized carbons (Fsp3) is 0.370. The van der Waals surface area contributed by atoms with Crippen molar-refractivity contribution in [3.63, 3.8) is 0 Å². The molecule has 0 amide bonds. The van der Waals surface area contributed by atoms with E-state index in [0.29, 0.717) is 40.0 Å². The van der Waals surface area contributed by atoms with Gasteiger partial charge < -0.3 is 14.7 Å². The minimum atomic E-state index is -0.649. The van der Waals surface area contributed by atoms with Gasteiger partial charge in [-0.15, -0.1) is 0 Å². The van der Waals surface area contributed by atoms with Crippen molar-refractivity contribution >= 4 is 11.6 Å². The molecule has 182 valence electrons. The van der Waals surface area contributed by atoms with Crippen molar-refractivity contribution in [1.29, 1.82) is 0 Å². The van der Waals surface area contributed by atoms with Gasteiger partial charge in [0.15, 0.2) is 0 Å². The molecule has 2 aromatic carbocycles. The lowest BCUT2D eigenvalue weighted by molar-refractivity contribution is 0.201. The van der Waals surface area contributed by atoms with Gasteiger partial charge in [-0.05, 0) is 42.5 Å². The third-order valence-electron chi connectivity index (χ3n) is 6.59. The lowest BCUT2D eigenvalue weighted by Crippen LogP contribution is -2.38. The Balaban J connectivity index is 1.85. The van der Waals surface area contributed by atoms with Gasteiger partial charge in [0.1, 0.15) is 18.2 Å². The molecule has 4 rings (SSSR count). The maximum atomic E-state index is 14.6. The number of hydrogen-bond acceptors (Lipinski definition) is 5. The predicted octanol–water partition coefficient (Wildman–Crippen LogP) is 4.80. The Labute approximate surface area is 204 Å². The molecule has 1 N–H and O–H groups in total. The molecule has 2 heterocycles. The Kier molecular flexibility index (Phi) is 7.47. The lowest BCUT2D eigenvalue weighted by Gasteiger charge is -2.33. The molecule has 0 bridgehead atoms. The van der Waals surface area contributed by atoms with E-state index in [1.165, 1.54) is 12.1 Å². The van der Waals surface area contributed by atoms with Crippen LogP contribution in [0.1, 0.15) is 26.2 Å². The second-order valence-electron chi connectivity index (χ2n) is 8.71. The largest absolute Gasteiger partial charge is 0.491 e. The summed E-state index contributed by atoms with van der Waals surface area (Å²) in [6.07, 6.45) is 3.20. The first-order valence-corrected chi connectivity index (χ1v) is 11.8. The molecule has 35 heavy (non-hydrogen) atoms. The zero-order valence-electron chi connectivity index (χ0n) is 20.0. The number of aliphatic hydroxyl groups is 1. The first-order chi connectivity index (χ1) is 17.0. The molecule has 1 aliphatic heterocycles. The Bertz CT molecular complexity index is 1290. The topological polar surface area (TPSA) is 72.0 Å². The first-order valence-electron chi connectivity index (χ1n) is 11.8. The van der Waals surface area contributed by atoms with E-state index >= 15 is 0 Å². The third-order valence-corrected chi connectivity index (χ3v) is 6.59. The highest BCUT2D eigenvalue weighted by atomic mass is 19.1. The van der Waals surface area contributed by atoms with Crippen LogP contribution in [-0.2, 0) is 7.05 Å². The summed E-state index contributed by atoms with van der Waals surface area (Å²) in [6, 6.07) is 11.3. The average molecular weight is 477 g/mol. The number of anilines is 1. The maximum Gasteiger partial charge on any atom is 0.263 e. The molecule has 1 saturated heterocycles. The second kappa shape index (κ2) is 10.7. The number of piperidine rings is 1. The Morgan fingerprint density at radius 2 is 1.86 bits per heavy atom. The van der Waals surface area contributed by atoms with Crippen LogP contribution in [0.15, 0.2) is 47.3 Å². The van der Waals surface area contributed by atoms with Gasteiger partial charge in [-0.3, -0.25) is 9.36 Å². The zero-order chi connectivity index (χ0) is 24.9. The quantitative estimate of drug-likeness (QED) is 0.496. The highest BCUT2D eigenvalue weighted by Gasteiger charge is 2.25. The second-order valence-corrected chi connectivity index (χ2v) is 8.71. The van der Waals surface area contributed by atoms with Gasteiger partial charge >= 0.3 is 0 Å². The summed E-state index contributed by atoms with van der Waals surface area (Å²) in [7, 11) is 1.71. The van der Waals surface area contributed by atoms with Crippen LogP contribution in [0, 0.1) is 18.3 Å². The summed E-state index contributed by atoms with van der Waals surface area (Å²) in [5, 5.41) is 8.98. The zero-order valence-corrected chi connectivity index (χ0v) is 20.0. The summed E-state index contributed by atoms with van der Waals surface area (Å²) < 4.78 is 21.6. The van der Waals surface area contributed by atoms with E-state index in [2.05, 4.69) is 16.7 Å².